The van der Waals surface area contributed by atoms with Crippen molar-refractivity contribution in [3.63, 3.8) is 0 Å². The molecule has 0 unspecified atom stereocenters. The van der Waals surface area contributed by atoms with Crippen LogP contribution < -0.4 is 24.8 Å². The molecule has 0 saturated carbocycles. The molecule has 1 atom stereocenters. The molecule has 4 N–H and O–H groups in total. The SMILES string of the molecule is CC(=O)N[C@H]1CCN(CCCOc2cccc(-c3cccc(COc4cc(OCc5cncc(C#N)c5)c(CNC(C)(CO)CO)cc4Cl)c3Cl)c2C)C1. The van der Waals surface area contributed by atoms with Crippen molar-refractivity contribution >= 4 is 29.1 Å². The summed E-state index contributed by atoms with van der Waals surface area (Å²) in [6.07, 6.45) is 4.94. The summed E-state index contributed by atoms with van der Waals surface area (Å²) in [5.41, 5.74) is 4.41. The smallest absolute Gasteiger partial charge is 0.217 e. The van der Waals surface area contributed by atoms with Crippen molar-refractivity contribution < 1.29 is 29.2 Å². The van der Waals surface area contributed by atoms with Crippen LogP contribution >= 0.6 is 23.2 Å². The molecule has 3 aromatic carbocycles. The first kappa shape index (κ1) is 40.8. The second kappa shape index (κ2) is 19.3. The van der Waals surface area contributed by atoms with Gasteiger partial charge in [0, 0.05) is 79.9 Å². The summed E-state index contributed by atoms with van der Waals surface area (Å²) in [4.78, 5) is 17.9. The number of aliphatic hydroxyl groups excluding tert-OH is 2. The van der Waals surface area contributed by atoms with Crippen LogP contribution in [0.25, 0.3) is 11.1 Å². The van der Waals surface area contributed by atoms with Crippen LogP contribution in [-0.2, 0) is 24.6 Å². The molecule has 1 aliphatic heterocycles. The molecule has 1 fully saturated rings. The van der Waals surface area contributed by atoms with Gasteiger partial charge in [-0.2, -0.15) is 5.26 Å². The molecule has 54 heavy (non-hydrogen) atoms. The first-order valence-corrected chi connectivity index (χ1v) is 18.7. The topological polar surface area (TPSA) is 149 Å². The third-order valence-electron chi connectivity index (χ3n) is 9.43. The number of aromatic nitrogens is 1. The van der Waals surface area contributed by atoms with Gasteiger partial charge in [-0.15, -0.1) is 0 Å². The predicted octanol–water partition coefficient (Wildman–Crippen LogP) is 6.21. The van der Waals surface area contributed by atoms with Gasteiger partial charge in [0.15, 0.2) is 0 Å². The van der Waals surface area contributed by atoms with E-state index < -0.39 is 5.54 Å². The summed E-state index contributed by atoms with van der Waals surface area (Å²) in [6.45, 7) is 8.53. The highest BCUT2D eigenvalue weighted by molar-refractivity contribution is 6.34. The number of likely N-dealkylation sites (tertiary alicyclic amines) is 1. The molecule has 0 aliphatic carbocycles. The molecule has 286 valence electrons. The quantitative estimate of drug-likeness (QED) is 0.0861. The first-order chi connectivity index (χ1) is 26.0. The maximum Gasteiger partial charge on any atom is 0.217 e. The minimum atomic E-state index is -0.927. The molecule has 1 aromatic heterocycles. The maximum atomic E-state index is 11.4. The third-order valence-corrected chi connectivity index (χ3v) is 10.2. The van der Waals surface area contributed by atoms with Crippen molar-refractivity contribution in [2.24, 2.45) is 0 Å². The lowest BCUT2D eigenvalue weighted by molar-refractivity contribution is -0.119. The van der Waals surface area contributed by atoms with E-state index in [4.69, 9.17) is 37.4 Å². The molecule has 1 saturated heterocycles. The monoisotopic (exact) mass is 775 g/mol. The number of nitrogens with zero attached hydrogens (tertiary/aromatic N) is 3. The van der Waals surface area contributed by atoms with E-state index in [1.54, 1.807) is 38.2 Å². The highest BCUT2D eigenvalue weighted by atomic mass is 35.5. The summed E-state index contributed by atoms with van der Waals surface area (Å²) in [5, 5.41) is 35.9. The first-order valence-electron chi connectivity index (χ1n) is 17.9. The summed E-state index contributed by atoms with van der Waals surface area (Å²) in [7, 11) is 0. The molecule has 4 aromatic rings. The molecule has 1 amide bonds. The lowest BCUT2D eigenvalue weighted by Gasteiger charge is -2.27. The number of amides is 1. The number of rotatable bonds is 18. The van der Waals surface area contributed by atoms with Gasteiger partial charge in [0.1, 0.15) is 36.5 Å². The highest BCUT2D eigenvalue weighted by Crippen LogP contribution is 2.38. The number of halogens is 2. The molecular formula is C41H47Cl2N5O6. The van der Waals surface area contributed by atoms with Crippen LogP contribution in [0.2, 0.25) is 10.0 Å². The zero-order valence-corrected chi connectivity index (χ0v) is 32.3. The second-order valence-corrected chi connectivity index (χ2v) is 14.6. The number of hydrogen-bond acceptors (Lipinski definition) is 10. The van der Waals surface area contributed by atoms with E-state index in [0.717, 1.165) is 60.5 Å². The number of benzene rings is 3. The summed E-state index contributed by atoms with van der Waals surface area (Å²) in [6, 6.07) is 19.2. The minimum absolute atomic E-state index is 0.0145. The van der Waals surface area contributed by atoms with Crippen LogP contribution in [-0.4, -0.2) is 77.0 Å². The molecule has 2 heterocycles. The summed E-state index contributed by atoms with van der Waals surface area (Å²) >= 11 is 13.8. The van der Waals surface area contributed by atoms with Gasteiger partial charge in [0.25, 0.3) is 0 Å². The molecule has 0 radical (unpaired) electrons. The Morgan fingerprint density at radius 2 is 1.76 bits per heavy atom. The van der Waals surface area contributed by atoms with E-state index in [9.17, 15) is 20.3 Å². The number of ether oxygens (including phenoxy) is 3. The van der Waals surface area contributed by atoms with Crippen LogP contribution in [0.4, 0.5) is 0 Å². The molecular weight excluding hydrogens is 729 g/mol. The van der Waals surface area contributed by atoms with Gasteiger partial charge in [-0.1, -0.05) is 53.5 Å². The molecule has 11 nitrogen and oxygen atoms in total. The van der Waals surface area contributed by atoms with Crippen LogP contribution in [0.1, 0.15) is 54.5 Å². The van der Waals surface area contributed by atoms with Gasteiger partial charge >= 0.3 is 0 Å². The van der Waals surface area contributed by atoms with E-state index in [1.165, 1.54) is 6.20 Å². The summed E-state index contributed by atoms with van der Waals surface area (Å²) < 4.78 is 18.7. The lowest BCUT2D eigenvalue weighted by atomic mass is 9.98. The van der Waals surface area contributed by atoms with Crippen LogP contribution in [0, 0.1) is 18.3 Å². The highest BCUT2D eigenvalue weighted by Gasteiger charge is 2.24. The number of hydrogen-bond donors (Lipinski definition) is 4. The van der Waals surface area contributed by atoms with Crippen molar-refractivity contribution in [3.8, 4) is 34.4 Å². The number of aliphatic hydroxyl groups is 2. The van der Waals surface area contributed by atoms with Crippen molar-refractivity contribution in [1.82, 2.24) is 20.5 Å². The Balaban J connectivity index is 1.27. The van der Waals surface area contributed by atoms with Gasteiger partial charge in [-0.3, -0.25) is 9.78 Å². The molecule has 13 heteroatoms. The number of nitriles is 1. The lowest BCUT2D eigenvalue weighted by Crippen LogP contribution is -2.48. The third kappa shape index (κ3) is 10.8. The molecule has 0 bridgehead atoms. The Labute approximate surface area is 326 Å². The Kier molecular flexibility index (Phi) is 14.5. The standard InChI is InChI=1S/C41H47Cl2N5O6/c1-27-34(8-5-10-37(27)52-14-6-12-48-13-11-33(22-48)47-28(2)51)35-9-4-7-31(40(35)43)24-54-39-17-38(53-23-30-15-29(18-44)19-45-20-30)32(16-36(39)42)21-46-41(3,25-49)26-50/h4-5,7-10,15-17,19-20,33,46,49-50H,6,11-14,21-26H2,1-3H3,(H,47,51)/t33-/m0/s1. The zero-order chi connectivity index (χ0) is 38.7. The number of nitrogens with one attached hydrogen (secondary N) is 2. The van der Waals surface area contributed by atoms with Gasteiger partial charge in [-0.25, -0.2) is 0 Å². The normalized spacial score (nSPS) is 14.4. The van der Waals surface area contributed by atoms with Gasteiger partial charge < -0.3 is 40.0 Å². The predicted molar refractivity (Wildman–Crippen MR) is 209 cm³/mol. The average molecular weight is 777 g/mol. The van der Waals surface area contributed by atoms with Crippen molar-refractivity contribution in [1.29, 1.82) is 5.26 Å². The van der Waals surface area contributed by atoms with Gasteiger partial charge in [0.2, 0.25) is 5.91 Å². The Bertz CT molecular complexity index is 1950. The molecule has 5 rings (SSSR count). The fourth-order valence-corrected chi connectivity index (χ4v) is 6.77. The fraction of sp³-hybridized carbons (Fsp3) is 0.390. The minimum Gasteiger partial charge on any atom is -0.493 e. The Morgan fingerprint density at radius 1 is 1.00 bits per heavy atom. The summed E-state index contributed by atoms with van der Waals surface area (Å²) in [5.74, 6) is 1.65. The Morgan fingerprint density at radius 3 is 2.52 bits per heavy atom. The number of carbonyl (C=O) groups excluding carboxylic acids is 1. The van der Waals surface area contributed by atoms with E-state index in [2.05, 4.69) is 26.6 Å². The van der Waals surface area contributed by atoms with E-state index in [0.29, 0.717) is 44.8 Å². The van der Waals surface area contributed by atoms with Crippen LogP contribution in [0.3, 0.4) is 0 Å². The molecule has 1 aliphatic rings. The number of pyridine rings is 1. The van der Waals surface area contributed by atoms with Crippen molar-refractivity contribution in [2.45, 2.75) is 65.0 Å². The zero-order valence-electron chi connectivity index (χ0n) is 30.8. The molecule has 0 spiro atoms. The van der Waals surface area contributed by atoms with E-state index >= 15 is 0 Å². The Hall–Kier alpha value is -4.41. The number of carbonyl (C=O) groups is 1. The average Bonchev–Trinajstić information content (AvgIpc) is 3.62. The van der Waals surface area contributed by atoms with Gasteiger partial charge in [0.05, 0.1) is 41.0 Å². The second-order valence-electron chi connectivity index (χ2n) is 13.8. The van der Waals surface area contributed by atoms with E-state index in [1.807, 2.05) is 43.3 Å². The van der Waals surface area contributed by atoms with E-state index in [-0.39, 0.29) is 44.9 Å². The van der Waals surface area contributed by atoms with Crippen LogP contribution in [0.15, 0.2) is 67.0 Å². The fourth-order valence-electron chi connectivity index (χ4n) is 6.25. The van der Waals surface area contributed by atoms with Gasteiger partial charge in [-0.05, 0) is 56.0 Å². The van der Waals surface area contributed by atoms with Crippen molar-refractivity contribution in [3.05, 3.63) is 105 Å². The largest absolute Gasteiger partial charge is 0.493 e. The van der Waals surface area contributed by atoms with Crippen molar-refractivity contribution in [2.75, 3.05) is 39.5 Å². The maximum absolute atomic E-state index is 11.4. The van der Waals surface area contributed by atoms with Crippen LogP contribution in [0.5, 0.6) is 17.2 Å².